The van der Waals surface area contributed by atoms with E-state index in [2.05, 4.69) is 65.6 Å². The van der Waals surface area contributed by atoms with Crippen LogP contribution in [-0.2, 0) is 17.8 Å². The molecule has 1 aliphatic carbocycles. The molecule has 4 rings (SSSR count). The zero-order valence-corrected chi connectivity index (χ0v) is 12.9. The molecule has 2 aromatic carbocycles. The topological polar surface area (TPSA) is 15.8 Å². The molecule has 2 aromatic rings. The highest BCUT2D eigenvalue weighted by Crippen LogP contribution is 2.40. The van der Waals surface area contributed by atoms with E-state index in [-0.39, 0.29) is 0 Å². The average Bonchev–Trinajstić information content (AvgIpc) is 3.36. The minimum Gasteiger partial charge on any atom is -0.368 e. The molecular weight excluding hydrogens is 270 g/mol. The van der Waals surface area contributed by atoms with E-state index in [0.717, 1.165) is 13.1 Å². The Bertz CT molecular complexity index is 556. The van der Waals surface area contributed by atoms with Gasteiger partial charge in [-0.25, -0.2) is 0 Å². The number of hydrogen-bond donors (Lipinski definition) is 0. The van der Waals surface area contributed by atoms with E-state index in [1.807, 2.05) is 0 Å². The Morgan fingerprint density at radius 2 is 1.41 bits per heavy atom. The van der Waals surface area contributed by atoms with Crippen LogP contribution in [0.1, 0.15) is 30.4 Å². The fourth-order valence-electron chi connectivity index (χ4n) is 3.74. The van der Waals surface area contributed by atoms with Crippen molar-refractivity contribution in [3.63, 3.8) is 0 Å². The van der Waals surface area contributed by atoms with Crippen molar-refractivity contribution >= 4 is 0 Å². The number of ether oxygens (including phenoxy) is 1. The van der Waals surface area contributed by atoms with Gasteiger partial charge in [0.05, 0.1) is 12.2 Å². The monoisotopic (exact) mass is 293 g/mol. The summed E-state index contributed by atoms with van der Waals surface area (Å²) < 4.78 is 5.91. The minimum atomic E-state index is 0.473. The van der Waals surface area contributed by atoms with Gasteiger partial charge < -0.3 is 4.74 Å². The molecule has 0 spiro atoms. The van der Waals surface area contributed by atoms with Gasteiger partial charge in [0.2, 0.25) is 0 Å². The lowest BCUT2D eigenvalue weighted by Gasteiger charge is -2.33. The number of benzene rings is 2. The van der Waals surface area contributed by atoms with Gasteiger partial charge in [0.25, 0.3) is 0 Å². The molecule has 2 fully saturated rings. The fourth-order valence-corrected chi connectivity index (χ4v) is 3.74. The smallest absolute Gasteiger partial charge is 0.0996 e. The first-order valence-corrected chi connectivity index (χ1v) is 8.37. The Balaban J connectivity index is 1.54. The lowest BCUT2D eigenvalue weighted by atomic mass is 9.93. The van der Waals surface area contributed by atoms with Crippen LogP contribution >= 0.6 is 0 Å². The average molecular weight is 293 g/mol. The summed E-state index contributed by atoms with van der Waals surface area (Å²) in [6, 6.07) is 22.2. The predicted octanol–water partition coefficient (Wildman–Crippen LogP) is 4.01. The van der Waals surface area contributed by atoms with E-state index >= 15 is 0 Å². The summed E-state index contributed by atoms with van der Waals surface area (Å²) in [7, 11) is 0. The molecule has 1 saturated heterocycles. The van der Waals surface area contributed by atoms with Crippen molar-refractivity contribution in [3.05, 3.63) is 71.8 Å². The lowest BCUT2D eigenvalue weighted by Crippen LogP contribution is -2.40. The molecule has 0 radical (unpaired) electrons. The number of nitrogens with zero attached hydrogens (tertiary/aromatic N) is 1. The maximum absolute atomic E-state index is 5.91. The Hall–Kier alpha value is -1.64. The number of rotatable bonds is 5. The van der Waals surface area contributed by atoms with E-state index in [1.54, 1.807) is 0 Å². The molecule has 1 heterocycles. The molecule has 2 heteroatoms. The summed E-state index contributed by atoms with van der Waals surface area (Å²) in [5, 5.41) is 0. The zero-order chi connectivity index (χ0) is 14.8. The van der Waals surface area contributed by atoms with Crippen molar-refractivity contribution in [1.29, 1.82) is 0 Å². The van der Waals surface area contributed by atoms with Crippen LogP contribution in [0.4, 0.5) is 0 Å². The number of hydrogen-bond acceptors (Lipinski definition) is 2. The summed E-state index contributed by atoms with van der Waals surface area (Å²) in [6.07, 6.45) is 4.83. The van der Waals surface area contributed by atoms with Crippen LogP contribution in [0, 0.1) is 0 Å². The molecule has 0 N–H and O–H groups in total. The Morgan fingerprint density at radius 1 is 0.818 bits per heavy atom. The normalized spacial score (nSPS) is 26.7. The predicted molar refractivity (Wildman–Crippen MR) is 88.4 cm³/mol. The standard InChI is InChI=1S/C20H23NO/c1-3-8-16(9-4-1)14-21(15-17-10-5-2-6-11-17)18-12-7-13-19-20(18)22-19/h1-6,8-11,18-20H,7,12-15H2/t18-,19+,20-/m1/s1. The highest BCUT2D eigenvalue weighted by atomic mass is 16.6. The van der Waals surface area contributed by atoms with Crippen molar-refractivity contribution in [2.75, 3.05) is 0 Å². The SMILES string of the molecule is c1ccc(CN(Cc2ccccc2)[C@@H]2CCC[C@@H]3O[C@@H]32)cc1. The molecular formula is C20H23NO. The molecule has 0 bridgehead atoms. The van der Waals surface area contributed by atoms with E-state index in [0.29, 0.717) is 18.2 Å². The summed E-state index contributed by atoms with van der Waals surface area (Å²) in [5.74, 6) is 0. The van der Waals surface area contributed by atoms with Gasteiger partial charge in [0.15, 0.2) is 0 Å². The molecule has 114 valence electrons. The summed E-state index contributed by atoms with van der Waals surface area (Å²) in [4.78, 5) is 2.62. The maximum Gasteiger partial charge on any atom is 0.0996 e. The molecule has 1 saturated carbocycles. The van der Waals surface area contributed by atoms with Crippen molar-refractivity contribution in [1.82, 2.24) is 4.90 Å². The summed E-state index contributed by atoms with van der Waals surface area (Å²) in [5.41, 5.74) is 2.78. The second-order valence-electron chi connectivity index (χ2n) is 6.51. The van der Waals surface area contributed by atoms with Crippen LogP contribution in [0.3, 0.4) is 0 Å². The van der Waals surface area contributed by atoms with Gasteiger partial charge in [-0.3, -0.25) is 4.90 Å². The second kappa shape index (κ2) is 6.23. The van der Waals surface area contributed by atoms with Gasteiger partial charge in [-0.15, -0.1) is 0 Å². The van der Waals surface area contributed by atoms with E-state index in [4.69, 9.17) is 4.74 Å². The molecule has 3 atom stereocenters. The van der Waals surface area contributed by atoms with Crippen LogP contribution in [0.25, 0.3) is 0 Å². The largest absolute Gasteiger partial charge is 0.368 e. The molecule has 2 nitrogen and oxygen atoms in total. The second-order valence-corrected chi connectivity index (χ2v) is 6.51. The minimum absolute atomic E-state index is 0.473. The van der Waals surface area contributed by atoms with E-state index in [9.17, 15) is 0 Å². The fraction of sp³-hybridized carbons (Fsp3) is 0.400. The lowest BCUT2D eigenvalue weighted by molar-refractivity contribution is 0.135. The Labute approximate surface area is 132 Å². The number of fused-ring (bicyclic) bond motifs is 1. The molecule has 0 aromatic heterocycles. The molecule has 22 heavy (non-hydrogen) atoms. The first kappa shape index (κ1) is 14.0. The zero-order valence-electron chi connectivity index (χ0n) is 12.9. The van der Waals surface area contributed by atoms with Gasteiger partial charge in [-0.05, 0) is 30.4 Å². The van der Waals surface area contributed by atoms with Crippen LogP contribution in [-0.4, -0.2) is 23.1 Å². The molecule has 0 amide bonds. The van der Waals surface area contributed by atoms with Gasteiger partial charge in [-0.2, -0.15) is 0 Å². The summed E-state index contributed by atoms with van der Waals surface area (Å²) in [6.45, 7) is 2.01. The van der Waals surface area contributed by atoms with E-state index in [1.165, 1.54) is 30.4 Å². The maximum atomic E-state index is 5.91. The van der Waals surface area contributed by atoms with Crippen LogP contribution in [0.2, 0.25) is 0 Å². The van der Waals surface area contributed by atoms with Crippen LogP contribution < -0.4 is 0 Å². The molecule has 0 unspecified atom stereocenters. The highest BCUT2D eigenvalue weighted by molar-refractivity contribution is 5.18. The first-order valence-electron chi connectivity index (χ1n) is 8.37. The van der Waals surface area contributed by atoms with Crippen molar-refractivity contribution in [2.24, 2.45) is 0 Å². The quantitative estimate of drug-likeness (QED) is 0.774. The van der Waals surface area contributed by atoms with Gasteiger partial charge >= 0.3 is 0 Å². The highest BCUT2D eigenvalue weighted by Gasteiger charge is 2.49. The van der Waals surface area contributed by atoms with Gasteiger partial charge in [0, 0.05) is 19.1 Å². The van der Waals surface area contributed by atoms with Crippen LogP contribution in [0.5, 0.6) is 0 Å². The van der Waals surface area contributed by atoms with Crippen molar-refractivity contribution < 1.29 is 4.74 Å². The van der Waals surface area contributed by atoms with Crippen molar-refractivity contribution in [2.45, 2.75) is 50.6 Å². The van der Waals surface area contributed by atoms with Crippen molar-refractivity contribution in [3.8, 4) is 0 Å². The third kappa shape index (κ3) is 3.08. The molecule has 2 aliphatic rings. The van der Waals surface area contributed by atoms with Gasteiger partial charge in [0.1, 0.15) is 0 Å². The van der Waals surface area contributed by atoms with Gasteiger partial charge in [-0.1, -0.05) is 60.7 Å². The Kier molecular flexibility index (Phi) is 3.96. The first-order chi connectivity index (χ1) is 10.9. The number of epoxide rings is 1. The van der Waals surface area contributed by atoms with Crippen LogP contribution in [0.15, 0.2) is 60.7 Å². The third-order valence-electron chi connectivity index (χ3n) is 4.92. The summed E-state index contributed by atoms with van der Waals surface area (Å²) >= 11 is 0. The molecule has 1 aliphatic heterocycles. The Morgan fingerprint density at radius 3 is 2.00 bits per heavy atom. The van der Waals surface area contributed by atoms with E-state index < -0.39 is 0 Å². The third-order valence-corrected chi connectivity index (χ3v) is 4.92.